The summed E-state index contributed by atoms with van der Waals surface area (Å²) < 4.78 is 36.2. The van der Waals surface area contributed by atoms with Crippen LogP contribution in [0.2, 0.25) is 0 Å². The molecule has 0 fully saturated rings. The Kier molecular flexibility index (Phi) is 10.8. The summed E-state index contributed by atoms with van der Waals surface area (Å²) in [7, 11) is 1.53. The third kappa shape index (κ3) is 10.6. The Labute approximate surface area is 140 Å². The maximum atomic E-state index is 12.1. The first-order chi connectivity index (χ1) is 9.12. The van der Waals surface area contributed by atoms with Gasteiger partial charge in [0, 0.05) is 20.1 Å². The number of guanidine groups is 1. The van der Waals surface area contributed by atoms with Crippen molar-refractivity contribution in [2.24, 2.45) is 10.4 Å². The minimum absolute atomic E-state index is 0. The molecule has 1 amide bonds. The lowest BCUT2D eigenvalue weighted by molar-refractivity contribution is -0.132. The van der Waals surface area contributed by atoms with E-state index in [0.717, 1.165) is 0 Å². The minimum Gasteiger partial charge on any atom is -0.359 e. The normalized spacial score (nSPS) is 12.4. The molecule has 0 bridgehead atoms. The Morgan fingerprint density at radius 1 is 1.19 bits per heavy atom. The molecular weight excluding hydrogens is 400 g/mol. The third-order valence-electron chi connectivity index (χ3n) is 2.52. The van der Waals surface area contributed by atoms with E-state index < -0.39 is 18.0 Å². The molecule has 0 aromatic rings. The Morgan fingerprint density at radius 2 is 1.76 bits per heavy atom. The number of nitrogens with zero attached hydrogens (tertiary/aromatic N) is 1. The van der Waals surface area contributed by atoms with Crippen LogP contribution in [0.3, 0.4) is 0 Å². The SMILES string of the molecule is CCNC(=NCC(C)(C)C(=O)NC)NCCC(F)(F)F.I. The molecule has 0 aliphatic carbocycles. The zero-order valence-electron chi connectivity index (χ0n) is 12.7. The molecule has 3 N–H and O–H groups in total. The lowest BCUT2D eigenvalue weighted by atomic mass is 9.93. The number of carbonyl (C=O) groups is 1. The predicted octanol–water partition coefficient (Wildman–Crippen LogP) is 1.88. The Morgan fingerprint density at radius 3 is 2.19 bits per heavy atom. The van der Waals surface area contributed by atoms with Gasteiger partial charge in [-0.1, -0.05) is 0 Å². The van der Waals surface area contributed by atoms with Crippen LogP contribution >= 0.6 is 24.0 Å². The summed E-state index contributed by atoms with van der Waals surface area (Å²) in [5.41, 5.74) is -0.721. The molecule has 0 saturated carbocycles. The van der Waals surface area contributed by atoms with Gasteiger partial charge in [-0.3, -0.25) is 9.79 Å². The minimum atomic E-state index is -4.20. The summed E-state index contributed by atoms with van der Waals surface area (Å²) in [6.07, 6.45) is -5.14. The molecule has 0 spiro atoms. The van der Waals surface area contributed by atoms with Crippen molar-refractivity contribution in [2.75, 3.05) is 26.7 Å². The van der Waals surface area contributed by atoms with Gasteiger partial charge in [-0.05, 0) is 20.8 Å². The van der Waals surface area contributed by atoms with E-state index in [1.807, 2.05) is 6.92 Å². The fourth-order valence-electron chi connectivity index (χ4n) is 1.35. The van der Waals surface area contributed by atoms with Crippen LogP contribution in [0.5, 0.6) is 0 Å². The third-order valence-corrected chi connectivity index (χ3v) is 2.52. The first kappa shape index (κ1) is 22.5. The number of rotatable bonds is 6. The monoisotopic (exact) mass is 424 g/mol. The van der Waals surface area contributed by atoms with Crippen LogP contribution in [0.4, 0.5) is 13.2 Å². The van der Waals surface area contributed by atoms with Crippen molar-refractivity contribution in [3.05, 3.63) is 0 Å². The average Bonchev–Trinajstić information content (AvgIpc) is 2.33. The number of carbonyl (C=O) groups excluding carboxylic acids is 1. The fourth-order valence-corrected chi connectivity index (χ4v) is 1.35. The zero-order valence-corrected chi connectivity index (χ0v) is 15.1. The highest BCUT2D eigenvalue weighted by atomic mass is 127. The van der Waals surface area contributed by atoms with Crippen LogP contribution in [-0.2, 0) is 4.79 Å². The lowest BCUT2D eigenvalue weighted by Gasteiger charge is -2.21. The van der Waals surface area contributed by atoms with E-state index in [1.54, 1.807) is 13.8 Å². The summed E-state index contributed by atoms with van der Waals surface area (Å²) in [4.78, 5) is 15.7. The molecule has 21 heavy (non-hydrogen) atoms. The highest BCUT2D eigenvalue weighted by molar-refractivity contribution is 14.0. The van der Waals surface area contributed by atoms with Crippen LogP contribution in [0.25, 0.3) is 0 Å². The van der Waals surface area contributed by atoms with Gasteiger partial charge in [-0.2, -0.15) is 13.2 Å². The van der Waals surface area contributed by atoms with Crippen LogP contribution in [-0.4, -0.2) is 44.7 Å². The number of amides is 1. The van der Waals surface area contributed by atoms with Crippen molar-refractivity contribution in [1.82, 2.24) is 16.0 Å². The number of alkyl halides is 3. The van der Waals surface area contributed by atoms with Gasteiger partial charge in [0.1, 0.15) is 0 Å². The molecule has 126 valence electrons. The van der Waals surface area contributed by atoms with Gasteiger partial charge >= 0.3 is 6.18 Å². The van der Waals surface area contributed by atoms with Crippen molar-refractivity contribution in [3.8, 4) is 0 Å². The topological polar surface area (TPSA) is 65.5 Å². The van der Waals surface area contributed by atoms with Crippen LogP contribution in [0.1, 0.15) is 27.2 Å². The standard InChI is InChI=1S/C12H23F3N4O.HI/c1-5-17-10(18-7-6-12(13,14)15)19-8-11(2,3)9(20)16-4;/h5-8H2,1-4H3,(H,16,20)(H2,17,18,19);1H. The van der Waals surface area contributed by atoms with Crippen molar-refractivity contribution < 1.29 is 18.0 Å². The van der Waals surface area contributed by atoms with Crippen LogP contribution in [0.15, 0.2) is 4.99 Å². The van der Waals surface area contributed by atoms with E-state index in [-0.39, 0.29) is 48.9 Å². The van der Waals surface area contributed by atoms with E-state index in [4.69, 9.17) is 0 Å². The van der Waals surface area contributed by atoms with Crippen molar-refractivity contribution in [1.29, 1.82) is 0 Å². The maximum Gasteiger partial charge on any atom is 0.390 e. The lowest BCUT2D eigenvalue weighted by Crippen LogP contribution is -2.41. The molecule has 0 heterocycles. The number of hydrogen-bond donors (Lipinski definition) is 3. The second-order valence-corrected chi connectivity index (χ2v) is 4.95. The molecule has 0 unspecified atom stereocenters. The molecule has 0 aliphatic heterocycles. The highest BCUT2D eigenvalue weighted by Crippen LogP contribution is 2.18. The van der Waals surface area contributed by atoms with Crippen LogP contribution < -0.4 is 16.0 Å². The molecule has 0 radical (unpaired) electrons. The molecule has 0 atom stereocenters. The van der Waals surface area contributed by atoms with Crippen LogP contribution in [0, 0.1) is 5.41 Å². The average molecular weight is 424 g/mol. The van der Waals surface area contributed by atoms with Gasteiger partial charge in [0.05, 0.1) is 18.4 Å². The molecule has 0 aliphatic rings. The van der Waals surface area contributed by atoms with Gasteiger partial charge in [0.2, 0.25) is 5.91 Å². The summed E-state index contributed by atoms with van der Waals surface area (Å²) >= 11 is 0. The summed E-state index contributed by atoms with van der Waals surface area (Å²) in [6, 6.07) is 0. The van der Waals surface area contributed by atoms with E-state index >= 15 is 0 Å². The van der Waals surface area contributed by atoms with Gasteiger partial charge in [0.15, 0.2) is 5.96 Å². The summed E-state index contributed by atoms with van der Waals surface area (Å²) in [5, 5.41) is 7.96. The molecule has 0 aromatic heterocycles. The first-order valence-electron chi connectivity index (χ1n) is 6.43. The smallest absolute Gasteiger partial charge is 0.359 e. The van der Waals surface area contributed by atoms with E-state index in [2.05, 4.69) is 20.9 Å². The largest absolute Gasteiger partial charge is 0.390 e. The number of aliphatic imine (C=N–C) groups is 1. The molecule has 0 saturated heterocycles. The Balaban J connectivity index is 0. The van der Waals surface area contributed by atoms with E-state index in [0.29, 0.717) is 6.54 Å². The number of nitrogens with one attached hydrogen (secondary N) is 3. The van der Waals surface area contributed by atoms with Crippen molar-refractivity contribution in [3.63, 3.8) is 0 Å². The fraction of sp³-hybridized carbons (Fsp3) is 0.833. The van der Waals surface area contributed by atoms with E-state index in [1.165, 1.54) is 7.05 Å². The highest BCUT2D eigenvalue weighted by Gasteiger charge is 2.27. The predicted molar refractivity (Wildman–Crippen MR) is 87.9 cm³/mol. The van der Waals surface area contributed by atoms with Gasteiger partial charge in [-0.25, -0.2) is 0 Å². The zero-order chi connectivity index (χ0) is 15.8. The molecule has 0 rings (SSSR count). The Bertz CT molecular complexity index is 346. The molecule has 0 aromatic carbocycles. The molecule has 5 nitrogen and oxygen atoms in total. The summed E-state index contributed by atoms with van der Waals surface area (Å²) in [5.74, 6) is 0.0983. The quantitative estimate of drug-likeness (QED) is 0.347. The second kappa shape index (κ2) is 10.1. The van der Waals surface area contributed by atoms with Crippen molar-refractivity contribution >= 4 is 35.8 Å². The van der Waals surface area contributed by atoms with Gasteiger partial charge in [0.25, 0.3) is 0 Å². The molecular formula is C12H24F3IN4O. The maximum absolute atomic E-state index is 12.1. The van der Waals surface area contributed by atoms with Crippen molar-refractivity contribution in [2.45, 2.75) is 33.4 Å². The number of halogens is 4. The molecule has 9 heteroatoms. The van der Waals surface area contributed by atoms with E-state index in [9.17, 15) is 18.0 Å². The second-order valence-electron chi connectivity index (χ2n) is 4.95. The van der Waals surface area contributed by atoms with Gasteiger partial charge in [-0.15, -0.1) is 24.0 Å². The van der Waals surface area contributed by atoms with Gasteiger partial charge < -0.3 is 16.0 Å². The number of hydrogen-bond acceptors (Lipinski definition) is 2. The Hall–Kier alpha value is -0.740. The summed E-state index contributed by atoms with van der Waals surface area (Å²) in [6.45, 7) is 5.69. The first-order valence-corrected chi connectivity index (χ1v) is 6.43.